The first-order chi connectivity index (χ1) is 11.9. The minimum Gasteiger partial charge on any atom is -0.467 e. The number of methoxy groups -OCH3 is 1. The number of carbonyl (C=O) groups excluding carboxylic acids is 1. The van der Waals surface area contributed by atoms with Gasteiger partial charge < -0.3 is 9.64 Å². The first-order valence-corrected chi connectivity index (χ1v) is 8.46. The zero-order valence-electron chi connectivity index (χ0n) is 15.5. The molecule has 0 bridgehead atoms. The Hall–Kier alpha value is -2.50. The van der Waals surface area contributed by atoms with Gasteiger partial charge in [-0.25, -0.2) is 14.8 Å². The number of anilines is 1. The molecule has 0 saturated carbocycles. The highest BCUT2D eigenvalue weighted by Crippen LogP contribution is 2.30. The monoisotopic (exact) mass is 342 g/mol. The SMILES string of the molecule is C=CN=C(C=C)c1nc2c(c(N(C)C(C(=O)OC)C(C)C)n1)CCC2. The molecule has 6 nitrogen and oxygen atoms in total. The molecule has 0 aliphatic heterocycles. The molecule has 1 aliphatic carbocycles. The van der Waals surface area contributed by atoms with Crippen LogP contribution in [-0.2, 0) is 22.4 Å². The van der Waals surface area contributed by atoms with Crippen LogP contribution in [-0.4, -0.2) is 41.8 Å². The maximum Gasteiger partial charge on any atom is 0.328 e. The van der Waals surface area contributed by atoms with Gasteiger partial charge in [-0.3, -0.25) is 4.99 Å². The van der Waals surface area contributed by atoms with E-state index in [-0.39, 0.29) is 11.9 Å². The molecule has 2 rings (SSSR count). The number of esters is 1. The summed E-state index contributed by atoms with van der Waals surface area (Å²) >= 11 is 0. The fourth-order valence-electron chi connectivity index (χ4n) is 3.25. The van der Waals surface area contributed by atoms with Crippen molar-refractivity contribution < 1.29 is 9.53 Å². The fourth-order valence-corrected chi connectivity index (χ4v) is 3.25. The molecule has 1 heterocycles. The van der Waals surface area contributed by atoms with Gasteiger partial charge in [0, 0.05) is 24.5 Å². The van der Waals surface area contributed by atoms with Crippen LogP contribution in [0.3, 0.4) is 0 Å². The van der Waals surface area contributed by atoms with Gasteiger partial charge in [0.1, 0.15) is 17.6 Å². The second kappa shape index (κ2) is 8.05. The summed E-state index contributed by atoms with van der Waals surface area (Å²) in [6.45, 7) is 11.4. The van der Waals surface area contributed by atoms with Crippen molar-refractivity contribution >= 4 is 17.5 Å². The van der Waals surface area contributed by atoms with Crippen molar-refractivity contribution in [3.8, 4) is 0 Å². The Kier molecular flexibility index (Phi) is 6.07. The normalized spacial score (nSPS) is 14.8. The zero-order chi connectivity index (χ0) is 18.6. The Labute approximate surface area is 149 Å². The predicted molar refractivity (Wildman–Crippen MR) is 100 cm³/mol. The highest BCUT2D eigenvalue weighted by atomic mass is 16.5. The van der Waals surface area contributed by atoms with E-state index >= 15 is 0 Å². The van der Waals surface area contributed by atoms with E-state index in [0.717, 1.165) is 36.3 Å². The van der Waals surface area contributed by atoms with Crippen LogP contribution >= 0.6 is 0 Å². The van der Waals surface area contributed by atoms with Gasteiger partial charge >= 0.3 is 5.97 Å². The fraction of sp³-hybridized carbons (Fsp3) is 0.474. The molecule has 0 fully saturated rings. The van der Waals surface area contributed by atoms with Gasteiger partial charge in [-0.2, -0.15) is 0 Å². The van der Waals surface area contributed by atoms with Crippen LogP contribution in [0.2, 0.25) is 0 Å². The Morgan fingerprint density at radius 1 is 1.32 bits per heavy atom. The molecule has 1 atom stereocenters. The summed E-state index contributed by atoms with van der Waals surface area (Å²) in [6, 6.07) is -0.416. The molecular formula is C19H26N4O2. The average molecular weight is 342 g/mol. The third-order valence-corrected chi connectivity index (χ3v) is 4.39. The van der Waals surface area contributed by atoms with E-state index < -0.39 is 6.04 Å². The lowest BCUT2D eigenvalue weighted by Gasteiger charge is -2.31. The lowest BCUT2D eigenvalue weighted by Crippen LogP contribution is -2.44. The van der Waals surface area contributed by atoms with E-state index in [1.54, 1.807) is 6.08 Å². The van der Waals surface area contributed by atoms with Crippen LogP contribution in [0.1, 0.15) is 37.4 Å². The number of aromatic nitrogens is 2. The largest absolute Gasteiger partial charge is 0.467 e. The van der Waals surface area contributed by atoms with Gasteiger partial charge in [-0.15, -0.1) is 0 Å². The van der Waals surface area contributed by atoms with Crippen LogP contribution in [0.5, 0.6) is 0 Å². The molecule has 1 aromatic heterocycles. The second-order valence-electron chi connectivity index (χ2n) is 6.37. The molecule has 0 aromatic carbocycles. The second-order valence-corrected chi connectivity index (χ2v) is 6.37. The zero-order valence-corrected chi connectivity index (χ0v) is 15.5. The highest BCUT2D eigenvalue weighted by Gasteiger charge is 2.32. The standard InChI is InChI=1S/C19H26N4O2/c1-7-14(20-8-2)17-21-15-11-9-10-13(15)18(22-17)23(5)16(12(3)4)19(24)25-6/h7-8,12,16H,1-2,9-11H2,3-6H3. The van der Waals surface area contributed by atoms with Gasteiger partial charge in [0.05, 0.1) is 7.11 Å². The van der Waals surface area contributed by atoms with Crippen LogP contribution < -0.4 is 4.90 Å². The van der Waals surface area contributed by atoms with E-state index in [2.05, 4.69) is 23.1 Å². The summed E-state index contributed by atoms with van der Waals surface area (Å²) in [6.07, 6.45) is 5.89. The number of rotatable bonds is 7. The molecule has 1 unspecified atom stereocenters. The number of fused-ring (bicyclic) bond motifs is 1. The van der Waals surface area contributed by atoms with Crippen molar-refractivity contribution in [3.63, 3.8) is 0 Å². The number of allylic oxidation sites excluding steroid dienone is 1. The number of hydrogen-bond donors (Lipinski definition) is 0. The summed E-state index contributed by atoms with van der Waals surface area (Å²) in [4.78, 5) is 27.7. The van der Waals surface area contributed by atoms with Crippen molar-refractivity contribution in [1.29, 1.82) is 0 Å². The highest BCUT2D eigenvalue weighted by molar-refractivity contribution is 6.06. The Morgan fingerprint density at radius 3 is 2.60 bits per heavy atom. The molecule has 1 aliphatic rings. The maximum absolute atomic E-state index is 12.3. The van der Waals surface area contributed by atoms with Crippen LogP contribution in [0.4, 0.5) is 5.82 Å². The molecule has 134 valence electrons. The van der Waals surface area contributed by atoms with Gasteiger partial charge in [0.15, 0.2) is 5.82 Å². The third-order valence-electron chi connectivity index (χ3n) is 4.39. The quantitative estimate of drug-likeness (QED) is 0.563. The lowest BCUT2D eigenvalue weighted by atomic mass is 10.0. The predicted octanol–water partition coefficient (Wildman–Crippen LogP) is 2.72. The van der Waals surface area contributed by atoms with Crippen molar-refractivity contribution in [2.45, 2.75) is 39.2 Å². The van der Waals surface area contributed by atoms with E-state index in [0.29, 0.717) is 11.5 Å². The average Bonchev–Trinajstić information content (AvgIpc) is 3.06. The summed E-state index contributed by atoms with van der Waals surface area (Å²) in [5.41, 5.74) is 2.68. The van der Waals surface area contributed by atoms with E-state index in [4.69, 9.17) is 9.72 Å². The van der Waals surface area contributed by atoms with Crippen LogP contribution in [0.25, 0.3) is 0 Å². The number of aryl methyl sites for hydroxylation is 1. The summed E-state index contributed by atoms with van der Waals surface area (Å²) in [5, 5.41) is 0. The summed E-state index contributed by atoms with van der Waals surface area (Å²) in [7, 11) is 3.29. The van der Waals surface area contributed by atoms with Gasteiger partial charge in [0.2, 0.25) is 0 Å². The molecule has 1 aromatic rings. The lowest BCUT2D eigenvalue weighted by molar-refractivity contribution is -0.143. The number of ether oxygens (including phenoxy) is 1. The number of carbonyl (C=O) groups is 1. The molecular weight excluding hydrogens is 316 g/mol. The number of likely N-dealkylation sites (N-methyl/N-ethyl adjacent to an activating group) is 1. The summed E-state index contributed by atoms with van der Waals surface area (Å²) in [5.74, 6) is 1.08. The molecule has 6 heteroatoms. The number of aliphatic imine (C=N–C) groups is 1. The van der Waals surface area contributed by atoms with Crippen molar-refractivity contribution in [1.82, 2.24) is 9.97 Å². The van der Waals surface area contributed by atoms with E-state index in [1.807, 2.05) is 25.8 Å². The van der Waals surface area contributed by atoms with Gasteiger partial charge in [-0.1, -0.05) is 27.0 Å². The van der Waals surface area contributed by atoms with Gasteiger partial charge in [-0.05, 0) is 31.3 Å². The first-order valence-electron chi connectivity index (χ1n) is 8.46. The van der Waals surface area contributed by atoms with Crippen molar-refractivity contribution in [2.75, 3.05) is 19.1 Å². The smallest absolute Gasteiger partial charge is 0.328 e. The first kappa shape index (κ1) is 18.8. The number of nitrogens with zero attached hydrogens (tertiary/aromatic N) is 4. The van der Waals surface area contributed by atoms with Crippen molar-refractivity contribution in [3.05, 3.63) is 42.5 Å². The van der Waals surface area contributed by atoms with Crippen molar-refractivity contribution in [2.24, 2.45) is 10.9 Å². The Morgan fingerprint density at radius 2 is 2.04 bits per heavy atom. The molecule has 0 saturated heterocycles. The van der Waals surface area contributed by atoms with Gasteiger partial charge in [0.25, 0.3) is 0 Å². The van der Waals surface area contributed by atoms with Crippen LogP contribution in [0, 0.1) is 5.92 Å². The molecule has 0 amide bonds. The van der Waals surface area contributed by atoms with E-state index in [9.17, 15) is 4.79 Å². The third kappa shape index (κ3) is 3.78. The number of hydrogen-bond acceptors (Lipinski definition) is 6. The minimum absolute atomic E-state index is 0.0774. The summed E-state index contributed by atoms with van der Waals surface area (Å²) < 4.78 is 5.00. The van der Waals surface area contributed by atoms with Crippen LogP contribution in [0.15, 0.2) is 30.4 Å². The Bertz CT molecular complexity index is 710. The van der Waals surface area contributed by atoms with E-state index in [1.165, 1.54) is 13.3 Å². The minimum atomic E-state index is -0.416. The molecule has 25 heavy (non-hydrogen) atoms. The molecule has 0 radical (unpaired) electrons. The topological polar surface area (TPSA) is 67.7 Å². The molecule has 0 spiro atoms. The Balaban J connectivity index is 2.57. The maximum atomic E-state index is 12.3. The molecule has 0 N–H and O–H groups in total.